The number of aromatic nitrogens is 2. The Morgan fingerprint density at radius 2 is 1.79 bits per heavy atom. The summed E-state index contributed by atoms with van der Waals surface area (Å²) in [5, 5.41) is 15.1. The first-order chi connectivity index (χ1) is 13.6. The number of benzene rings is 2. The molecule has 0 bridgehead atoms. The quantitative estimate of drug-likeness (QED) is 0.583. The molecule has 1 aromatic heterocycles. The van der Waals surface area contributed by atoms with Crippen LogP contribution in [0.5, 0.6) is 11.5 Å². The molecule has 0 fully saturated rings. The molecule has 0 saturated carbocycles. The van der Waals surface area contributed by atoms with E-state index >= 15 is 0 Å². The van der Waals surface area contributed by atoms with Crippen LogP contribution in [0.1, 0.15) is 10.6 Å². The summed E-state index contributed by atoms with van der Waals surface area (Å²) < 4.78 is 10.4. The Bertz CT molecular complexity index is 950. The number of halogens is 1. The zero-order valence-electron chi connectivity index (χ0n) is 15.4. The molecule has 0 saturated heterocycles. The van der Waals surface area contributed by atoms with Gasteiger partial charge in [0.1, 0.15) is 16.5 Å². The Morgan fingerprint density at radius 3 is 2.50 bits per heavy atom. The van der Waals surface area contributed by atoms with Gasteiger partial charge in [-0.25, -0.2) is 4.79 Å². The van der Waals surface area contributed by atoms with E-state index in [1.54, 1.807) is 12.1 Å². The summed E-state index contributed by atoms with van der Waals surface area (Å²) >= 11 is 7.46. The van der Waals surface area contributed by atoms with E-state index in [0.29, 0.717) is 27.3 Å². The number of hydrogen-bond donors (Lipinski definition) is 2. The van der Waals surface area contributed by atoms with Crippen LogP contribution in [0.4, 0.5) is 15.6 Å². The van der Waals surface area contributed by atoms with Gasteiger partial charge in [-0.2, -0.15) is 0 Å². The van der Waals surface area contributed by atoms with Crippen molar-refractivity contribution in [1.82, 2.24) is 10.2 Å². The predicted octanol–water partition coefficient (Wildman–Crippen LogP) is 4.64. The lowest BCUT2D eigenvalue weighted by Crippen LogP contribution is -2.19. The van der Waals surface area contributed by atoms with Crippen molar-refractivity contribution in [2.24, 2.45) is 0 Å². The molecule has 0 aliphatic heterocycles. The molecule has 2 amide bonds. The summed E-state index contributed by atoms with van der Waals surface area (Å²) in [5.41, 5.74) is 1.65. The molecule has 7 nitrogen and oxygen atoms in total. The van der Waals surface area contributed by atoms with Crippen molar-refractivity contribution in [2.75, 3.05) is 24.9 Å². The summed E-state index contributed by atoms with van der Waals surface area (Å²) in [7, 11) is 3.00. The van der Waals surface area contributed by atoms with Crippen molar-refractivity contribution >= 4 is 39.8 Å². The van der Waals surface area contributed by atoms with Crippen molar-refractivity contribution in [1.29, 1.82) is 0 Å². The Hall–Kier alpha value is -2.84. The minimum absolute atomic E-state index is 0.359. The van der Waals surface area contributed by atoms with Crippen LogP contribution >= 0.6 is 22.9 Å². The van der Waals surface area contributed by atoms with E-state index in [1.807, 2.05) is 18.2 Å². The number of methoxy groups -OCH3 is 2. The minimum Gasteiger partial charge on any atom is -0.495 e. The maximum atomic E-state index is 12.3. The van der Waals surface area contributed by atoms with E-state index in [-0.39, 0.29) is 0 Å². The topological polar surface area (TPSA) is 85.4 Å². The molecule has 1 heterocycles. The second kappa shape index (κ2) is 9.38. The van der Waals surface area contributed by atoms with Gasteiger partial charge in [0.2, 0.25) is 5.13 Å². The van der Waals surface area contributed by atoms with Gasteiger partial charge in [-0.1, -0.05) is 53.3 Å². The van der Waals surface area contributed by atoms with E-state index in [9.17, 15) is 4.79 Å². The Labute approximate surface area is 171 Å². The lowest BCUT2D eigenvalue weighted by molar-refractivity contribution is 0.262. The van der Waals surface area contributed by atoms with Crippen molar-refractivity contribution in [3.8, 4) is 11.5 Å². The number of anilines is 2. The van der Waals surface area contributed by atoms with Crippen molar-refractivity contribution in [3.63, 3.8) is 0 Å². The fourth-order valence-corrected chi connectivity index (χ4v) is 3.48. The number of hydrogen-bond acceptors (Lipinski definition) is 6. The fraction of sp³-hybridized carbons (Fsp3) is 0.211. The average molecular weight is 419 g/mol. The third-order valence-electron chi connectivity index (χ3n) is 3.88. The molecule has 9 heteroatoms. The molecule has 28 heavy (non-hydrogen) atoms. The van der Waals surface area contributed by atoms with Crippen LogP contribution in [0.2, 0.25) is 5.02 Å². The second-order valence-electron chi connectivity index (χ2n) is 5.75. The lowest BCUT2D eigenvalue weighted by Gasteiger charge is -2.12. The first kappa shape index (κ1) is 19.9. The van der Waals surface area contributed by atoms with Gasteiger partial charge >= 0.3 is 6.03 Å². The molecule has 3 aromatic rings. The molecule has 146 valence electrons. The first-order valence-corrected chi connectivity index (χ1v) is 9.64. The van der Waals surface area contributed by atoms with Gasteiger partial charge in [-0.05, 0) is 18.1 Å². The number of ether oxygens (including phenoxy) is 2. The monoisotopic (exact) mass is 418 g/mol. The number of carbonyl (C=O) groups excluding carboxylic acids is 1. The van der Waals surface area contributed by atoms with Crippen molar-refractivity contribution in [2.45, 2.75) is 12.8 Å². The second-order valence-corrected chi connectivity index (χ2v) is 7.22. The van der Waals surface area contributed by atoms with Gasteiger partial charge in [0, 0.05) is 12.5 Å². The highest BCUT2D eigenvalue weighted by molar-refractivity contribution is 7.15. The normalized spacial score (nSPS) is 10.4. The van der Waals surface area contributed by atoms with Crippen LogP contribution in [-0.4, -0.2) is 30.4 Å². The molecule has 0 aliphatic carbocycles. The van der Waals surface area contributed by atoms with Crippen LogP contribution in [-0.2, 0) is 12.8 Å². The Balaban J connectivity index is 1.60. The van der Waals surface area contributed by atoms with Crippen LogP contribution in [0.25, 0.3) is 0 Å². The van der Waals surface area contributed by atoms with E-state index in [1.165, 1.54) is 31.1 Å². The zero-order chi connectivity index (χ0) is 19.9. The average Bonchev–Trinajstić information content (AvgIpc) is 3.14. The van der Waals surface area contributed by atoms with E-state index in [0.717, 1.165) is 17.8 Å². The fourth-order valence-electron chi connectivity index (χ4n) is 2.51. The number of amides is 2. The molecular weight excluding hydrogens is 400 g/mol. The molecule has 0 unspecified atom stereocenters. The molecule has 3 rings (SSSR count). The van der Waals surface area contributed by atoms with E-state index in [4.69, 9.17) is 21.1 Å². The minimum atomic E-state index is -0.467. The van der Waals surface area contributed by atoms with E-state index in [2.05, 4.69) is 33.0 Å². The maximum absolute atomic E-state index is 12.3. The molecule has 0 atom stereocenters. The SMILES string of the molecule is COc1cc(OC)c(NC(=O)Nc2nnc(CCc3ccccc3)s2)cc1Cl. The van der Waals surface area contributed by atoms with Crippen LogP contribution < -0.4 is 20.1 Å². The summed E-state index contributed by atoms with van der Waals surface area (Å²) in [6.07, 6.45) is 1.62. The third-order valence-corrected chi connectivity index (χ3v) is 5.07. The molecule has 2 aromatic carbocycles. The summed E-state index contributed by atoms with van der Waals surface area (Å²) in [6.45, 7) is 0. The number of nitrogens with zero attached hydrogens (tertiary/aromatic N) is 2. The number of carbonyl (C=O) groups is 1. The molecule has 2 N–H and O–H groups in total. The van der Waals surface area contributed by atoms with Gasteiger partial charge in [-0.15, -0.1) is 10.2 Å². The first-order valence-electron chi connectivity index (χ1n) is 8.45. The highest BCUT2D eigenvalue weighted by Crippen LogP contribution is 2.36. The molecule has 0 radical (unpaired) electrons. The molecule has 0 spiro atoms. The molecule has 0 aliphatic rings. The number of urea groups is 1. The van der Waals surface area contributed by atoms with Gasteiger partial charge in [0.25, 0.3) is 0 Å². The van der Waals surface area contributed by atoms with Crippen LogP contribution in [0.15, 0.2) is 42.5 Å². The van der Waals surface area contributed by atoms with Gasteiger partial charge < -0.3 is 14.8 Å². The number of aryl methyl sites for hydroxylation is 2. The largest absolute Gasteiger partial charge is 0.495 e. The lowest BCUT2D eigenvalue weighted by atomic mass is 10.1. The Kier molecular flexibility index (Phi) is 6.67. The number of nitrogens with one attached hydrogen (secondary N) is 2. The predicted molar refractivity (Wildman–Crippen MR) is 111 cm³/mol. The summed E-state index contributed by atoms with van der Waals surface area (Å²) in [4.78, 5) is 12.3. The summed E-state index contributed by atoms with van der Waals surface area (Å²) in [5.74, 6) is 0.883. The zero-order valence-corrected chi connectivity index (χ0v) is 16.9. The van der Waals surface area contributed by atoms with E-state index < -0.39 is 6.03 Å². The maximum Gasteiger partial charge on any atom is 0.325 e. The van der Waals surface area contributed by atoms with Gasteiger partial charge in [0.15, 0.2) is 0 Å². The number of rotatable bonds is 7. The van der Waals surface area contributed by atoms with Crippen LogP contribution in [0, 0.1) is 0 Å². The third kappa shape index (κ3) is 5.11. The van der Waals surface area contributed by atoms with Crippen molar-refractivity contribution < 1.29 is 14.3 Å². The van der Waals surface area contributed by atoms with Crippen molar-refractivity contribution in [3.05, 3.63) is 58.1 Å². The van der Waals surface area contributed by atoms with Gasteiger partial charge in [-0.3, -0.25) is 5.32 Å². The van der Waals surface area contributed by atoms with Gasteiger partial charge in [0.05, 0.1) is 24.9 Å². The standard InChI is InChI=1S/C19H19ClN4O3S/c1-26-15-11-16(27-2)14(10-13(15)20)21-18(25)22-19-24-23-17(28-19)9-8-12-6-4-3-5-7-12/h3-7,10-11H,8-9H2,1-2H3,(H2,21,22,24,25). The van der Waals surface area contributed by atoms with Crippen LogP contribution in [0.3, 0.4) is 0 Å². The smallest absolute Gasteiger partial charge is 0.325 e. The highest BCUT2D eigenvalue weighted by Gasteiger charge is 2.14. The Morgan fingerprint density at radius 1 is 1.04 bits per heavy atom. The highest BCUT2D eigenvalue weighted by atomic mass is 35.5. The molecular formula is C19H19ClN4O3S. The summed E-state index contributed by atoms with van der Waals surface area (Å²) in [6, 6.07) is 12.8.